The second-order valence-electron chi connectivity index (χ2n) is 4.89. The van der Waals surface area contributed by atoms with Crippen LogP contribution >= 0.6 is 11.8 Å². The molecule has 0 saturated carbocycles. The number of nitrogens with one attached hydrogen (secondary N) is 2. The van der Waals surface area contributed by atoms with Crippen LogP contribution in [0.2, 0.25) is 0 Å². The van der Waals surface area contributed by atoms with Crippen LogP contribution in [0.4, 0.5) is 0 Å². The van der Waals surface area contributed by atoms with Crippen molar-refractivity contribution in [1.29, 1.82) is 0 Å². The molecule has 23 heavy (non-hydrogen) atoms. The molecule has 3 rings (SSSR count). The number of hydrogen-bond acceptors (Lipinski definition) is 5. The smallest absolute Gasteiger partial charge is 0.230 e. The molecule has 2 heterocycles. The first-order valence-electron chi connectivity index (χ1n) is 7.08. The van der Waals surface area contributed by atoms with Crippen molar-refractivity contribution in [3.8, 4) is 5.69 Å². The van der Waals surface area contributed by atoms with Crippen molar-refractivity contribution >= 4 is 17.7 Å². The summed E-state index contributed by atoms with van der Waals surface area (Å²) in [5.74, 6) is 0.988. The van der Waals surface area contributed by atoms with Gasteiger partial charge in [0.25, 0.3) is 0 Å². The van der Waals surface area contributed by atoms with Gasteiger partial charge >= 0.3 is 0 Å². The average molecular weight is 328 g/mol. The fraction of sp³-hybridized carbons (Fsp3) is 0.200. The topological polar surface area (TPSA) is 88.5 Å². The van der Waals surface area contributed by atoms with E-state index in [2.05, 4.69) is 25.6 Å². The monoisotopic (exact) mass is 328 g/mol. The molecule has 1 aromatic carbocycles. The van der Waals surface area contributed by atoms with Crippen LogP contribution in [0.3, 0.4) is 0 Å². The number of benzene rings is 1. The molecule has 1 amide bonds. The normalized spacial score (nSPS) is 10.7. The quantitative estimate of drug-likeness (QED) is 0.673. The number of aromatic nitrogens is 5. The van der Waals surface area contributed by atoms with Gasteiger partial charge in [-0.25, -0.2) is 9.67 Å². The molecular formula is C15H16N6OS. The Morgan fingerprint density at radius 2 is 2.17 bits per heavy atom. The van der Waals surface area contributed by atoms with E-state index in [4.69, 9.17) is 0 Å². The number of rotatable bonds is 6. The predicted molar refractivity (Wildman–Crippen MR) is 87.3 cm³/mol. The minimum absolute atomic E-state index is 0.0476. The number of carbonyl (C=O) groups excluding carboxylic acids is 1. The first-order valence-corrected chi connectivity index (χ1v) is 8.07. The van der Waals surface area contributed by atoms with Crippen LogP contribution < -0.4 is 5.32 Å². The van der Waals surface area contributed by atoms with Crippen LogP contribution in [0.5, 0.6) is 0 Å². The molecule has 2 aromatic heterocycles. The van der Waals surface area contributed by atoms with E-state index in [0.717, 1.165) is 17.1 Å². The highest BCUT2D eigenvalue weighted by molar-refractivity contribution is 7.99. The third-order valence-corrected chi connectivity index (χ3v) is 3.95. The Labute approximate surface area is 137 Å². The molecule has 0 saturated heterocycles. The van der Waals surface area contributed by atoms with E-state index in [0.29, 0.717) is 17.5 Å². The van der Waals surface area contributed by atoms with Crippen molar-refractivity contribution in [3.63, 3.8) is 0 Å². The summed E-state index contributed by atoms with van der Waals surface area (Å²) < 4.78 is 1.79. The fourth-order valence-corrected chi connectivity index (χ4v) is 2.63. The standard InChI is InChI=1S/C15H16N6OS/c1-11-18-15(20-19-11)23-10-14(22)16-9-12-3-5-13(6-4-12)21-8-2-7-17-21/h2-8H,9-10H2,1H3,(H,16,22)(H,18,19,20). The summed E-state index contributed by atoms with van der Waals surface area (Å²) in [4.78, 5) is 16.0. The minimum atomic E-state index is -0.0476. The maximum Gasteiger partial charge on any atom is 0.230 e. The molecule has 7 nitrogen and oxygen atoms in total. The van der Waals surface area contributed by atoms with Gasteiger partial charge < -0.3 is 5.32 Å². The number of thioether (sulfide) groups is 1. The van der Waals surface area contributed by atoms with Gasteiger partial charge in [-0.3, -0.25) is 9.89 Å². The van der Waals surface area contributed by atoms with Crippen LogP contribution in [-0.4, -0.2) is 36.6 Å². The molecule has 0 aliphatic heterocycles. The van der Waals surface area contributed by atoms with Crippen molar-refractivity contribution in [1.82, 2.24) is 30.3 Å². The molecule has 0 aliphatic carbocycles. The van der Waals surface area contributed by atoms with Gasteiger partial charge in [0.2, 0.25) is 11.1 Å². The maximum atomic E-state index is 11.8. The van der Waals surface area contributed by atoms with Gasteiger partial charge in [0.15, 0.2) is 0 Å². The Morgan fingerprint density at radius 1 is 1.35 bits per heavy atom. The highest BCUT2D eigenvalue weighted by Crippen LogP contribution is 2.12. The molecule has 0 spiro atoms. The van der Waals surface area contributed by atoms with Crippen molar-refractivity contribution in [2.45, 2.75) is 18.6 Å². The lowest BCUT2D eigenvalue weighted by Crippen LogP contribution is -2.24. The van der Waals surface area contributed by atoms with Crippen LogP contribution in [-0.2, 0) is 11.3 Å². The molecule has 0 unspecified atom stereocenters. The van der Waals surface area contributed by atoms with Crippen LogP contribution in [0, 0.1) is 6.92 Å². The number of aryl methyl sites for hydroxylation is 1. The molecule has 0 bridgehead atoms. The zero-order valence-electron chi connectivity index (χ0n) is 12.6. The Hall–Kier alpha value is -2.61. The molecule has 2 N–H and O–H groups in total. The van der Waals surface area contributed by atoms with E-state index in [-0.39, 0.29) is 5.91 Å². The molecule has 0 atom stereocenters. The van der Waals surface area contributed by atoms with Crippen LogP contribution in [0.25, 0.3) is 5.69 Å². The summed E-state index contributed by atoms with van der Waals surface area (Å²) in [6.07, 6.45) is 3.63. The lowest BCUT2D eigenvalue weighted by molar-refractivity contribution is -0.118. The van der Waals surface area contributed by atoms with E-state index in [1.807, 2.05) is 43.5 Å². The maximum absolute atomic E-state index is 11.8. The SMILES string of the molecule is Cc1nc(SCC(=O)NCc2ccc(-n3cccn3)cc2)n[nH]1. The molecule has 0 aliphatic rings. The summed E-state index contributed by atoms with van der Waals surface area (Å²) in [5.41, 5.74) is 2.02. The summed E-state index contributed by atoms with van der Waals surface area (Å²) in [7, 11) is 0. The number of hydrogen-bond donors (Lipinski definition) is 2. The Balaban J connectivity index is 1.47. The molecule has 0 radical (unpaired) electrons. The van der Waals surface area contributed by atoms with Crippen molar-refractivity contribution in [2.24, 2.45) is 0 Å². The fourth-order valence-electron chi connectivity index (χ4n) is 1.96. The largest absolute Gasteiger partial charge is 0.351 e. The first kappa shape index (κ1) is 15.3. The zero-order valence-corrected chi connectivity index (χ0v) is 13.4. The van der Waals surface area contributed by atoms with Crippen LogP contribution in [0.15, 0.2) is 47.9 Å². The molecule has 118 valence electrons. The van der Waals surface area contributed by atoms with E-state index in [1.54, 1.807) is 10.9 Å². The number of amides is 1. The van der Waals surface area contributed by atoms with Gasteiger partial charge in [-0.1, -0.05) is 23.9 Å². The van der Waals surface area contributed by atoms with E-state index in [1.165, 1.54) is 11.8 Å². The average Bonchev–Trinajstić information content (AvgIpc) is 3.23. The molecule has 8 heteroatoms. The van der Waals surface area contributed by atoms with Gasteiger partial charge in [0, 0.05) is 18.9 Å². The van der Waals surface area contributed by atoms with E-state index < -0.39 is 0 Å². The third-order valence-electron chi connectivity index (χ3n) is 3.10. The molecule has 0 fully saturated rings. The third kappa shape index (κ3) is 4.19. The van der Waals surface area contributed by atoms with Gasteiger partial charge in [-0.05, 0) is 30.7 Å². The summed E-state index contributed by atoms with van der Waals surface area (Å²) in [6, 6.07) is 9.77. The van der Waals surface area contributed by atoms with E-state index in [9.17, 15) is 4.79 Å². The van der Waals surface area contributed by atoms with Crippen molar-refractivity contribution in [3.05, 3.63) is 54.1 Å². The first-order chi connectivity index (χ1) is 11.2. The molecule has 3 aromatic rings. The zero-order chi connectivity index (χ0) is 16.1. The second-order valence-corrected chi connectivity index (χ2v) is 5.83. The van der Waals surface area contributed by atoms with Gasteiger partial charge in [0.1, 0.15) is 5.82 Å². The Bertz CT molecular complexity index is 766. The predicted octanol–water partition coefficient (Wildman–Crippen LogP) is 1.71. The highest BCUT2D eigenvalue weighted by Gasteiger charge is 2.06. The summed E-state index contributed by atoms with van der Waals surface area (Å²) in [5, 5.41) is 14.4. The second kappa shape index (κ2) is 7.10. The van der Waals surface area contributed by atoms with Gasteiger partial charge in [-0.2, -0.15) is 5.10 Å². The number of carbonyl (C=O) groups is 1. The lowest BCUT2D eigenvalue weighted by atomic mass is 10.2. The molecular weight excluding hydrogens is 312 g/mol. The van der Waals surface area contributed by atoms with Crippen LogP contribution in [0.1, 0.15) is 11.4 Å². The number of H-pyrrole nitrogens is 1. The summed E-state index contributed by atoms with van der Waals surface area (Å²) >= 11 is 1.31. The van der Waals surface area contributed by atoms with Crippen molar-refractivity contribution < 1.29 is 4.79 Å². The van der Waals surface area contributed by atoms with Gasteiger partial charge in [-0.15, -0.1) is 5.10 Å². The Kier molecular flexibility index (Phi) is 4.72. The van der Waals surface area contributed by atoms with Crippen molar-refractivity contribution in [2.75, 3.05) is 5.75 Å². The Morgan fingerprint density at radius 3 is 2.83 bits per heavy atom. The van der Waals surface area contributed by atoms with Gasteiger partial charge in [0.05, 0.1) is 11.4 Å². The number of aromatic amines is 1. The number of nitrogens with zero attached hydrogens (tertiary/aromatic N) is 4. The minimum Gasteiger partial charge on any atom is -0.351 e. The van der Waals surface area contributed by atoms with E-state index >= 15 is 0 Å². The lowest BCUT2D eigenvalue weighted by Gasteiger charge is -2.06. The highest BCUT2D eigenvalue weighted by atomic mass is 32.2. The summed E-state index contributed by atoms with van der Waals surface area (Å²) in [6.45, 7) is 2.32.